The number of aliphatic hydroxyl groups excluding tert-OH is 1. The second-order valence-electron chi connectivity index (χ2n) is 5.79. The van der Waals surface area contributed by atoms with E-state index in [-0.39, 0.29) is 30.1 Å². The van der Waals surface area contributed by atoms with E-state index in [1.165, 1.54) is 12.3 Å². The number of ether oxygens (including phenoxy) is 1. The first kappa shape index (κ1) is 17.0. The average Bonchev–Trinajstić information content (AvgIpc) is 2.52. The van der Waals surface area contributed by atoms with E-state index >= 15 is 0 Å². The van der Waals surface area contributed by atoms with E-state index in [0.29, 0.717) is 10.9 Å². The summed E-state index contributed by atoms with van der Waals surface area (Å²) in [6, 6.07) is 8.31. The van der Waals surface area contributed by atoms with Gasteiger partial charge in [-0.05, 0) is 19.1 Å². The predicted octanol–water partition coefficient (Wildman–Crippen LogP) is 0.970. The molecule has 128 valence electrons. The fourth-order valence-corrected chi connectivity index (χ4v) is 4.46. The van der Waals surface area contributed by atoms with Gasteiger partial charge in [-0.3, -0.25) is 9.78 Å². The summed E-state index contributed by atoms with van der Waals surface area (Å²) in [5, 5.41) is 10.8. The highest BCUT2D eigenvalue weighted by molar-refractivity contribution is 7.89. The quantitative estimate of drug-likeness (QED) is 0.752. The topological polar surface area (TPSA) is 106 Å². The summed E-state index contributed by atoms with van der Waals surface area (Å²) in [6.45, 7) is 1.88. The molecule has 0 aliphatic heterocycles. The smallest absolute Gasteiger partial charge is 0.243 e. The second-order valence-corrected chi connectivity index (χ2v) is 7.44. The highest BCUT2D eigenvalue weighted by atomic mass is 32.2. The number of carbonyl (C=O) groups excluding carboxylic acids is 1. The molecule has 1 aliphatic carbocycles. The van der Waals surface area contributed by atoms with E-state index in [0.717, 1.165) is 0 Å². The maximum atomic E-state index is 12.8. The number of nitrogens with one attached hydrogen (secondary N) is 1. The summed E-state index contributed by atoms with van der Waals surface area (Å²) in [5.74, 6) is -0.132. The number of fused-ring (bicyclic) bond motifs is 1. The monoisotopic (exact) mass is 350 g/mol. The number of benzene rings is 1. The van der Waals surface area contributed by atoms with Crippen LogP contribution in [0.15, 0.2) is 41.4 Å². The first-order chi connectivity index (χ1) is 11.4. The highest BCUT2D eigenvalue weighted by Crippen LogP contribution is 2.35. The molecule has 1 fully saturated rings. The van der Waals surface area contributed by atoms with Crippen LogP contribution in [0.5, 0.6) is 0 Å². The number of para-hydroxylation sites is 1. The van der Waals surface area contributed by atoms with Gasteiger partial charge in [-0.2, -0.15) is 4.72 Å². The van der Waals surface area contributed by atoms with E-state index in [9.17, 15) is 18.3 Å². The Hall–Kier alpha value is -1.87. The SMILES string of the molecule is CCOC(O)C1(NS(=O)(=O)c2cccc3cccnc23)CC(=O)C1. The lowest BCUT2D eigenvalue weighted by Gasteiger charge is -2.43. The van der Waals surface area contributed by atoms with E-state index in [2.05, 4.69) is 9.71 Å². The van der Waals surface area contributed by atoms with Crippen LogP contribution < -0.4 is 4.72 Å². The molecule has 24 heavy (non-hydrogen) atoms. The van der Waals surface area contributed by atoms with E-state index in [4.69, 9.17) is 4.74 Å². The van der Waals surface area contributed by atoms with Crippen molar-refractivity contribution in [1.82, 2.24) is 9.71 Å². The largest absolute Gasteiger partial charge is 0.366 e. The summed E-state index contributed by atoms with van der Waals surface area (Å²) in [7, 11) is -4.00. The molecule has 3 rings (SSSR count). The molecule has 0 saturated heterocycles. The number of ketones is 1. The Balaban J connectivity index is 1.99. The number of aliphatic hydroxyl groups is 1. The normalized spacial score (nSPS) is 18.3. The molecule has 0 bridgehead atoms. The van der Waals surface area contributed by atoms with Gasteiger partial charge in [-0.15, -0.1) is 0 Å². The minimum atomic E-state index is -4.00. The van der Waals surface area contributed by atoms with Crippen LogP contribution in [0.2, 0.25) is 0 Å². The summed E-state index contributed by atoms with van der Waals surface area (Å²) < 4.78 is 33.3. The van der Waals surface area contributed by atoms with Gasteiger partial charge in [-0.1, -0.05) is 18.2 Å². The summed E-state index contributed by atoms with van der Waals surface area (Å²) in [4.78, 5) is 15.6. The molecule has 1 aromatic heterocycles. The average molecular weight is 350 g/mol. The molecule has 8 heteroatoms. The van der Waals surface area contributed by atoms with Gasteiger partial charge in [0.25, 0.3) is 0 Å². The molecule has 1 atom stereocenters. The number of hydrogen-bond donors (Lipinski definition) is 2. The molecule has 0 amide bonds. The van der Waals surface area contributed by atoms with Crippen LogP contribution in [0.1, 0.15) is 19.8 Å². The molecule has 0 spiro atoms. The van der Waals surface area contributed by atoms with E-state index in [1.807, 2.05) is 0 Å². The van der Waals surface area contributed by atoms with Crippen molar-refractivity contribution in [3.8, 4) is 0 Å². The van der Waals surface area contributed by atoms with Gasteiger partial charge in [0.2, 0.25) is 10.0 Å². The number of pyridine rings is 1. The molecule has 2 aromatic rings. The van der Waals surface area contributed by atoms with Gasteiger partial charge in [0.15, 0.2) is 6.29 Å². The van der Waals surface area contributed by atoms with Crippen LogP contribution >= 0.6 is 0 Å². The third kappa shape index (κ3) is 2.93. The van der Waals surface area contributed by atoms with Crippen LogP contribution in [0.4, 0.5) is 0 Å². The number of Topliss-reactive ketones (excluding diaryl/α,β-unsaturated/α-hetero) is 1. The molecule has 7 nitrogen and oxygen atoms in total. The summed E-state index contributed by atoms with van der Waals surface area (Å²) in [6.07, 6.45) is -0.0890. The Bertz CT molecular complexity index is 868. The molecule has 0 radical (unpaired) electrons. The Morgan fingerprint density at radius 1 is 1.33 bits per heavy atom. The minimum Gasteiger partial charge on any atom is -0.366 e. The lowest BCUT2D eigenvalue weighted by molar-refractivity contribution is -0.173. The van der Waals surface area contributed by atoms with Crippen molar-refractivity contribution >= 4 is 26.7 Å². The Morgan fingerprint density at radius 3 is 2.71 bits per heavy atom. The Morgan fingerprint density at radius 2 is 2.04 bits per heavy atom. The summed E-state index contributed by atoms with van der Waals surface area (Å²) in [5.41, 5.74) is -0.998. The van der Waals surface area contributed by atoms with Gasteiger partial charge < -0.3 is 9.84 Å². The van der Waals surface area contributed by atoms with Gasteiger partial charge in [0, 0.05) is 31.0 Å². The zero-order chi connectivity index (χ0) is 17.4. The van der Waals surface area contributed by atoms with Crippen molar-refractivity contribution in [3.05, 3.63) is 36.5 Å². The number of aromatic nitrogens is 1. The molecule has 1 saturated carbocycles. The van der Waals surface area contributed by atoms with E-state index < -0.39 is 21.9 Å². The highest BCUT2D eigenvalue weighted by Gasteiger charge is 2.52. The standard InChI is InChI=1S/C16H18N2O5S/c1-2-23-15(20)16(9-12(19)10-16)18-24(21,22)13-7-3-5-11-6-4-8-17-14(11)13/h3-8,15,18,20H,2,9-10H2,1H3. The molecule has 1 unspecified atom stereocenters. The molecule has 1 aromatic carbocycles. The van der Waals surface area contributed by atoms with Crippen molar-refractivity contribution < 1.29 is 23.1 Å². The maximum absolute atomic E-state index is 12.8. The second kappa shape index (κ2) is 6.21. The van der Waals surface area contributed by atoms with Crippen molar-refractivity contribution in [2.45, 2.75) is 36.5 Å². The Labute approximate surface area is 139 Å². The van der Waals surface area contributed by atoms with Gasteiger partial charge in [0.1, 0.15) is 10.7 Å². The number of nitrogens with zero attached hydrogens (tertiary/aromatic N) is 1. The summed E-state index contributed by atoms with van der Waals surface area (Å²) >= 11 is 0. The predicted molar refractivity (Wildman–Crippen MR) is 86.7 cm³/mol. The van der Waals surface area contributed by atoms with Crippen molar-refractivity contribution in [3.63, 3.8) is 0 Å². The third-order valence-electron chi connectivity index (χ3n) is 4.05. The lowest BCUT2D eigenvalue weighted by atomic mass is 9.76. The van der Waals surface area contributed by atoms with Crippen molar-refractivity contribution in [2.24, 2.45) is 0 Å². The molecule has 1 heterocycles. The zero-order valence-electron chi connectivity index (χ0n) is 13.1. The molecule has 2 N–H and O–H groups in total. The van der Waals surface area contributed by atoms with Crippen molar-refractivity contribution in [1.29, 1.82) is 0 Å². The third-order valence-corrected chi connectivity index (χ3v) is 5.63. The fourth-order valence-electron chi connectivity index (χ4n) is 2.88. The number of hydrogen-bond acceptors (Lipinski definition) is 6. The molecular weight excluding hydrogens is 332 g/mol. The van der Waals surface area contributed by atoms with Crippen molar-refractivity contribution in [2.75, 3.05) is 6.61 Å². The van der Waals surface area contributed by atoms with Crippen LogP contribution in [0, 0.1) is 0 Å². The first-order valence-electron chi connectivity index (χ1n) is 7.57. The van der Waals surface area contributed by atoms with Crippen LogP contribution in [-0.4, -0.2) is 42.7 Å². The van der Waals surface area contributed by atoms with Gasteiger partial charge in [0.05, 0.1) is 11.1 Å². The number of rotatable bonds is 6. The van der Waals surface area contributed by atoms with Gasteiger partial charge >= 0.3 is 0 Å². The molecular formula is C16H18N2O5S. The maximum Gasteiger partial charge on any atom is 0.243 e. The lowest BCUT2D eigenvalue weighted by Crippen LogP contribution is -2.65. The Kier molecular flexibility index (Phi) is 4.39. The van der Waals surface area contributed by atoms with Gasteiger partial charge in [-0.25, -0.2) is 8.42 Å². The molecule has 1 aliphatic rings. The number of carbonyl (C=O) groups is 1. The first-order valence-corrected chi connectivity index (χ1v) is 9.05. The van der Waals surface area contributed by atoms with Crippen LogP contribution in [0.3, 0.4) is 0 Å². The minimum absolute atomic E-state index is 0.00280. The fraction of sp³-hybridized carbons (Fsp3) is 0.375. The van der Waals surface area contributed by atoms with Crippen LogP contribution in [-0.2, 0) is 19.6 Å². The zero-order valence-corrected chi connectivity index (χ0v) is 13.9. The number of sulfonamides is 1. The van der Waals surface area contributed by atoms with Crippen LogP contribution in [0.25, 0.3) is 10.9 Å². The van der Waals surface area contributed by atoms with E-state index in [1.54, 1.807) is 31.2 Å².